The first-order valence-corrected chi connectivity index (χ1v) is 7.22. The molecule has 0 N–H and O–H groups in total. The Morgan fingerprint density at radius 2 is 1.45 bits per heavy atom. The van der Waals surface area contributed by atoms with Crippen molar-refractivity contribution in [3.63, 3.8) is 0 Å². The minimum atomic E-state index is 0. The van der Waals surface area contributed by atoms with E-state index in [0.717, 1.165) is 0 Å². The van der Waals surface area contributed by atoms with Crippen molar-refractivity contribution in [3.05, 3.63) is 97.1 Å². The van der Waals surface area contributed by atoms with E-state index < -0.39 is 0 Å². The summed E-state index contributed by atoms with van der Waals surface area (Å²) >= 11 is 0. The molecule has 0 aliphatic rings. The van der Waals surface area contributed by atoms with Crippen molar-refractivity contribution in [2.45, 2.75) is 19.3 Å². The van der Waals surface area contributed by atoms with Crippen molar-refractivity contribution in [1.29, 1.82) is 0 Å². The third-order valence-electron chi connectivity index (χ3n) is 3.90. The molecule has 112 valence electrons. The van der Waals surface area contributed by atoms with Crippen LogP contribution in [0.25, 0.3) is 10.8 Å². The average Bonchev–Trinajstić information content (AvgIpc) is 3.17. The third-order valence-corrected chi connectivity index (χ3v) is 3.90. The van der Waals surface area contributed by atoms with Gasteiger partial charge in [0.2, 0.25) is 0 Å². The molecule has 22 heavy (non-hydrogen) atoms. The van der Waals surface area contributed by atoms with E-state index in [1.807, 2.05) is 0 Å². The van der Waals surface area contributed by atoms with Gasteiger partial charge in [-0.2, -0.15) is 23.8 Å². The summed E-state index contributed by atoms with van der Waals surface area (Å²) in [6.07, 6.45) is 3.28. The van der Waals surface area contributed by atoms with Gasteiger partial charge in [-0.15, -0.1) is 40.6 Å². The fourth-order valence-electron chi connectivity index (χ4n) is 2.64. The minimum absolute atomic E-state index is 0. The molecule has 0 saturated carbocycles. The predicted molar refractivity (Wildman–Crippen MR) is 94.1 cm³/mol. The van der Waals surface area contributed by atoms with Gasteiger partial charge in [0, 0.05) is 26.2 Å². The molecule has 0 atom stereocenters. The summed E-state index contributed by atoms with van der Waals surface area (Å²) in [4.78, 5) is 0. The maximum absolute atomic E-state index is 3.36. The van der Waals surface area contributed by atoms with Crippen LogP contribution in [0.1, 0.15) is 25.0 Å². The molecule has 0 aromatic heterocycles. The second kappa shape index (κ2) is 8.25. The Bertz CT molecular complexity index is 705. The van der Waals surface area contributed by atoms with Gasteiger partial charge >= 0.3 is 0 Å². The van der Waals surface area contributed by atoms with E-state index in [9.17, 15) is 0 Å². The second-order valence-corrected chi connectivity index (χ2v) is 5.60. The Labute approximate surface area is 153 Å². The topological polar surface area (TPSA) is 0 Å². The van der Waals surface area contributed by atoms with Crippen molar-refractivity contribution in [2.24, 2.45) is 0 Å². The molecule has 0 fully saturated rings. The van der Waals surface area contributed by atoms with E-state index in [0.29, 0.717) is 0 Å². The number of hydrogen-bond acceptors (Lipinski definition) is 0. The van der Waals surface area contributed by atoms with Gasteiger partial charge in [0.1, 0.15) is 0 Å². The van der Waals surface area contributed by atoms with E-state index in [1.54, 1.807) is 12.2 Å². The van der Waals surface area contributed by atoms with E-state index in [4.69, 9.17) is 0 Å². The Morgan fingerprint density at radius 1 is 0.864 bits per heavy atom. The first-order chi connectivity index (χ1) is 10.1. The number of allylic oxidation sites excluding steroid dienone is 2. The van der Waals surface area contributed by atoms with Crippen LogP contribution in [-0.4, -0.2) is 0 Å². The largest absolute Gasteiger partial charge is 0.213 e. The molecule has 1 heteroatoms. The van der Waals surface area contributed by atoms with Crippen LogP contribution in [-0.2, 0) is 31.6 Å². The van der Waals surface area contributed by atoms with Gasteiger partial charge in [-0.1, -0.05) is 50.6 Å². The molecule has 0 amide bonds. The van der Waals surface area contributed by atoms with Crippen LogP contribution in [0.5, 0.6) is 0 Å². The summed E-state index contributed by atoms with van der Waals surface area (Å²) in [5.74, 6) is 0. The van der Waals surface area contributed by atoms with Crippen LogP contribution in [0.3, 0.4) is 0 Å². The zero-order chi connectivity index (χ0) is 15.3. The average molecular weight is 366 g/mol. The SMILES string of the molecule is C=CC=C.CC(C)([c-]1cccc1)[c-]1ccc2ccccc21.[Zr]. The number of fused-ring (bicyclic) bond motifs is 1. The van der Waals surface area contributed by atoms with Crippen molar-refractivity contribution >= 4 is 10.8 Å². The Balaban J connectivity index is 0.000000436. The molecule has 0 spiro atoms. The normalized spacial score (nSPS) is 10.3. The van der Waals surface area contributed by atoms with Gasteiger partial charge in [0.25, 0.3) is 0 Å². The van der Waals surface area contributed by atoms with Crippen molar-refractivity contribution in [2.75, 3.05) is 0 Å². The first-order valence-electron chi connectivity index (χ1n) is 7.22. The molecule has 0 heterocycles. The predicted octanol–water partition coefficient (Wildman–Crippen LogP) is 5.96. The molecule has 0 bridgehead atoms. The minimum Gasteiger partial charge on any atom is -0.213 e. The van der Waals surface area contributed by atoms with Gasteiger partial charge in [0.05, 0.1) is 0 Å². The van der Waals surface area contributed by atoms with Crippen LogP contribution in [0.2, 0.25) is 0 Å². The molecule has 3 aromatic carbocycles. The molecule has 0 nitrogen and oxygen atoms in total. The summed E-state index contributed by atoms with van der Waals surface area (Å²) in [6, 6.07) is 21.7. The van der Waals surface area contributed by atoms with Crippen molar-refractivity contribution in [1.82, 2.24) is 0 Å². The zero-order valence-corrected chi connectivity index (χ0v) is 15.8. The number of benzene rings is 1. The molecule has 0 unspecified atom stereocenters. The summed E-state index contributed by atoms with van der Waals surface area (Å²) in [7, 11) is 0. The molecular weight excluding hydrogens is 343 g/mol. The molecule has 0 radical (unpaired) electrons. The fourth-order valence-corrected chi connectivity index (χ4v) is 2.64. The number of hydrogen-bond donors (Lipinski definition) is 0. The third kappa shape index (κ3) is 3.84. The quantitative estimate of drug-likeness (QED) is 0.397. The van der Waals surface area contributed by atoms with Gasteiger partial charge in [-0.25, -0.2) is 12.1 Å². The standard InChI is InChI=1S/C17H16.C4H6.Zr/c1-17(2,14-8-4-5-9-14)16-12-11-13-7-3-6-10-15(13)16;1-3-4-2;/h3-12H,1-2H3;3-4H,1-2H2;/q-2;;. The monoisotopic (exact) mass is 364 g/mol. The smallest absolute Gasteiger partial charge is 0 e. The van der Waals surface area contributed by atoms with Crippen LogP contribution < -0.4 is 0 Å². The van der Waals surface area contributed by atoms with Gasteiger partial charge < -0.3 is 0 Å². The maximum Gasteiger partial charge on any atom is 0 e. The van der Waals surface area contributed by atoms with Gasteiger partial charge in [-0.3, -0.25) is 0 Å². The van der Waals surface area contributed by atoms with Crippen molar-refractivity contribution < 1.29 is 26.2 Å². The summed E-state index contributed by atoms with van der Waals surface area (Å²) < 4.78 is 0. The van der Waals surface area contributed by atoms with Crippen LogP contribution >= 0.6 is 0 Å². The van der Waals surface area contributed by atoms with Crippen LogP contribution in [0.4, 0.5) is 0 Å². The van der Waals surface area contributed by atoms with E-state index in [1.165, 1.54) is 21.9 Å². The van der Waals surface area contributed by atoms with Crippen LogP contribution in [0.15, 0.2) is 86.0 Å². The summed E-state index contributed by atoms with van der Waals surface area (Å²) in [6.45, 7) is 11.3. The van der Waals surface area contributed by atoms with Gasteiger partial charge in [0.15, 0.2) is 0 Å². The molecule has 0 aliphatic heterocycles. The fraction of sp³-hybridized carbons (Fsp3) is 0.143. The summed E-state index contributed by atoms with van der Waals surface area (Å²) in [5.41, 5.74) is 2.88. The Kier molecular flexibility index (Phi) is 6.97. The Hall–Kier alpha value is -1.46. The van der Waals surface area contributed by atoms with Gasteiger partial charge in [-0.05, 0) is 0 Å². The Morgan fingerprint density at radius 3 is 2.05 bits per heavy atom. The van der Waals surface area contributed by atoms with Crippen LogP contribution in [0, 0.1) is 0 Å². The molecular formula is C21H22Zr-2. The zero-order valence-electron chi connectivity index (χ0n) is 13.3. The van der Waals surface area contributed by atoms with E-state index in [2.05, 4.69) is 87.7 Å². The second-order valence-electron chi connectivity index (χ2n) is 5.60. The van der Waals surface area contributed by atoms with E-state index in [-0.39, 0.29) is 31.6 Å². The first kappa shape index (κ1) is 18.6. The van der Waals surface area contributed by atoms with E-state index >= 15 is 0 Å². The molecule has 0 saturated heterocycles. The number of rotatable bonds is 3. The molecule has 3 rings (SSSR count). The van der Waals surface area contributed by atoms with Crippen molar-refractivity contribution in [3.8, 4) is 0 Å². The molecule has 0 aliphatic carbocycles. The molecule has 3 aromatic rings. The summed E-state index contributed by atoms with van der Waals surface area (Å²) in [5, 5.41) is 2.71. The maximum atomic E-state index is 3.36.